The molecule has 0 amide bonds. The molecule has 0 fully saturated rings. The Labute approximate surface area is 161 Å². The lowest BCUT2D eigenvalue weighted by Gasteiger charge is -2.27. The molecule has 1 rings (SSSR count). The Morgan fingerprint density at radius 1 is 0.923 bits per heavy atom. The van der Waals surface area contributed by atoms with Gasteiger partial charge in [0, 0.05) is 6.61 Å². The summed E-state index contributed by atoms with van der Waals surface area (Å²) in [6, 6.07) is 10.4. The highest BCUT2D eigenvalue weighted by molar-refractivity contribution is 7.86. The van der Waals surface area contributed by atoms with Crippen LogP contribution in [0.4, 0.5) is 0 Å². The number of hydrogen-bond acceptors (Lipinski definition) is 4. The third-order valence-electron chi connectivity index (χ3n) is 5.47. The van der Waals surface area contributed by atoms with Crippen LogP contribution < -0.4 is 0 Å². The molecule has 0 aromatic heterocycles. The Hall–Kier alpha value is -0.693. The summed E-state index contributed by atoms with van der Waals surface area (Å²) in [5, 5.41) is 0. The molecule has 0 heterocycles. The minimum atomic E-state index is -3.67. The van der Waals surface area contributed by atoms with Crippen LogP contribution in [0.2, 0.25) is 18.1 Å². The lowest BCUT2D eigenvalue weighted by Crippen LogP contribution is -2.36. The van der Waals surface area contributed by atoms with Crippen molar-refractivity contribution in [1.82, 2.24) is 0 Å². The summed E-state index contributed by atoms with van der Waals surface area (Å²) in [6.45, 7) is 11.8. The van der Waals surface area contributed by atoms with Crippen LogP contribution in [0.5, 0.6) is 0 Å². The second-order valence-electron chi connectivity index (χ2n) is 6.95. The third-order valence-corrected chi connectivity index (χ3v) is 11.5. The van der Waals surface area contributed by atoms with Crippen molar-refractivity contribution in [3.63, 3.8) is 0 Å². The molecule has 1 atom stereocenters. The molecule has 0 aliphatic carbocycles. The molecule has 26 heavy (non-hydrogen) atoms. The fourth-order valence-electron chi connectivity index (χ4n) is 2.98. The molecule has 6 heteroatoms. The van der Waals surface area contributed by atoms with Crippen LogP contribution in [0, 0.1) is 0 Å². The highest BCUT2D eigenvalue weighted by Crippen LogP contribution is 2.23. The lowest BCUT2D eigenvalue weighted by molar-refractivity contribution is 0.259. The summed E-state index contributed by atoms with van der Waals surface area (Å²) in [7, 11) is -5.22. The van der Waals surface area contributed by atoms with Gasteiger partial charge in [0.2, 0.25) is 0 Å². The Morgan fingerprint density at radius 3 is 1.96 bits per heavy atom. The number of hydrogen-bond donors (Lipinski definition) is 0. The summed E-state index contributed by atoms with van der Waals surface area (Å²) in [5.74, 6) is 0.428. The smallest absolute Gasteiger partial charge is 0.296 e. The van der Waals surface area contributed by atoms with Crippen molar-refractivity contribution in [3.8, 4) is 0 Å². The highest BCUT2D eigenvalue weighted by atomic mass is 32.2. The van der Waals surface area contributed by atoms with Gasteiger partial charge in [-0.1, -0.05) is 46.8 Å². The normalized spacial score (nSPS) is 13.7. The molecule has 0 bridgehead atoms. The van der Waals surface area contributed by atoms with Gasteiger partial charge in [0.1, 0.15) is 0 Å². The first-order valence-corrected chi connectivity index (χ1v) is 13.9. The van der Waals surface area contributed by atoms with Gasteiger partial charge in [0.25, 0.3) is 10.1 Å². The Morgan fingerprint density at radius 2 is 1.46 bits per heavy atom. The molecule has 0 spiro atoms. The molecule has 1 aromatic rings. The minimum Gasteiger partial charge on any atom is -0.417 e. The topological polar surface area (TPSA) is 52.6 Å². The van der Waals surface area contributed by atoms with Gasteiger partial charge in [-0.15, -0.1) is 0 Å². The van der Waals surface area contributed by atoms with E-state index in [-0.39, 0.29) is 11.5 Å². The summed E-state index contributed by atoms with van der Waals surface area (Å²) in [4.78, 5) is 0.232. The maximum Gasteiger partial charge on any atom is 0.296 e. The van der Waals surface area contributed by atoms with Crippen molar-refractivity contribution >= 4 is 18.4 Å². The molecule has 0 aliphatic rings. The maximum absolute atomic E-state index is 12.3. The molecule has 1 aromatic carbocycles. The molecule has 1 unspecified atom stereocenters. The monoisotopic (exact) mass is 400 g/mol. The third kappa shape index (κ3) is 6.80. The van der Waals surface area contributed by atoms with E-state index in [2.05, 4.69) is 34.6 Å². The van der Waals surface area contributed by atoms with Crippen LogP contribution in [-0.4, -0.2) is 29.9 Å². The van der Waals surface area contributed by atoms with Gasteiger partial charge in [0.05, 0.1) is 11.5 Å². The van der Waals surface area contributed by atoms with Crippen LogP contribution in [-0.2, 0) is 18.7 Å². The van der Waals surface area contributed by atoms with Gasteiger partial charge in [-0.25, -0.2) is 0 Å². The first kappa shape index (κ1) is 23.3. The Bertz CT molecular complexity index is 601. The van der Waals surface area contributed by atoms with Crippen molar-refractivity contribution in [2.24, 2.45) is 0 Å². The fraction of sp³-hybridized carbons (Fsp3) is 0.700. The van der Waals surface area contributed by atoms with Gasteiger partial charge < -0.3 is 4.43 Å². The number of rotatable bonds is 13. The molecule has 0 N–H and O–H groups in total. The molecule has 150 valence electrons. The molecule has 0 saturated carbocycles. The van der Waals surface area contributed by atoms with Crippen LogP contribution in [0.3, 0.4) is 0 Å². The zero-order chi connectivity index (χ0) is 19.6. The quantitative estimate of drug-likeness (QED) is 0.242. The molecule has 0 aliphatic heterocycles. The van der Waals surface area contributed by atoms with Crippen molar-refractivity contribution < 1.29 is 17.0 Å². The Kier molecular flexibility index (Phi) is 10.1. The van der Waals surface area contributed by atoms with Crippen LogP contribution >= 0.6 is 0 Å². The summed E-state index contributed by atoms with van der Waals surface area (Å²) in [6.07, 6.45) is 2.55. The van der Waals surface area contributed by atoms with Crippen molar-refractivity contribution in [1.29, 1.82) is 0 Å². The molecule has 4 nitrogen and oxygen atoms in total. The molecular formula is C20H36O4SSi. The van der Waals surface area contributed by atoms with E-state index in [0.29, 0.717) is 18.9 Å². The van der Waals surface area contributed by atoms with Crippen LogP contribution in [0.15, 0.2) is 29.2 Å². The van der Waals surface area contributed by atoms with Gasteiger partial charge >= 0.3 is 0 Å². The fourth-order valence-corrected chi connectivity index (χ4v) is 6.62. The predicted molar refractivity (Wildman–Crippen MR) is 111 cm³/mol. The van der Waals surface area contributed by atoms with E-state index < -0.39 is 18.4 Å². The van der Waals surface area contributed by atoms with E-state index in [4.69, 9.17) is 8.61 Å². The van der Waals surface area contributed by atoms with Crippen molar-refractivity contribution in [2.45, 2.75) is 82.8 Å². The van der Waals surface area contributed by atoms with Gasteiger partial charge in [-0.3, -0.25) is 4.18 Å². The average Bonchev–Trinajstić information content (AvgIpc) is 2.67. The summed E-state index contributed by atoms with van der Waals surface area (Å²) >= 11 is 0. The first-order chi connectivity index (χ1) is 12.3. The zero-order valence-corrected chi connectivity index (χ0v) is 18.9. The second kappa shape index (κ2) is 11.2. The second-order valence-corrected chi connectivity index (χ2v) is 13.3. The lowest BCUT2D eigenvalue weighted by atomic mass is 9.99. The largest absolute Gasteiger partial charge is 0.417 e. The van der Waals surface area contributed by atoms with Gasteiger partial charge in [-0.2, -0.15) is 8.42 Å². The maximum atomic E-state index is 12.3. The van der Waals surface area contributed by atoms with Gasteiger partial charge in [-0.05, 0) is 61.0 Å². The first-order valence-electron chi connectivity index (χ1n) is 9.97. The Balaban J connectivity index is 2.42. The van der Waals surface area contributed by atoms with E-state index in [1.807, 2.05) is 12.1 Å². The van der Waals surface area contributed by atoms with Crippen LogP contribution in [0.1, 0.15) is 65.4 Å². The van der Waals surface area contributed by atoms with Crippen molar-refractivity contribution in [2.75, 3.05) is 13.2 Å². The molecular weight excluding hydrogens is 364 g/mol. The van der Waals surface area contributed by atoms with E-state index >= 15 is 0 Å². The van der Waals surface area contributed by atoms with Crippen molar-refractivity contribution in [3.05, 3.63) is 29.8 Å². The molecule has 0 saturated heterocycles. The van der Waals surface area contributed by atoms with E-state index in [0.717, 1.165) is 36.5 Å². The number of unbranched alkanes of at least 4 members (excludes halogenated alkanes) is 1. The van der Waals surface area contributed by atoms with E-state index in [9.17, 15) is 8.42 Å². The standard InChI is InChI=1S/C20H36O4SSi/c1-6-18(5)19-12-14-20(15-13-19)25(21,22)23-16-10-11-17-24-26(7-2,8-3)9-4/h12-15,18H,6-11,16-17H2,1-5H3. The van der Waals surface area contributed by atoms with Crippen LogP contribution in [0.25, 0.3) is 0 Å². The summed E-state index contributed by atoms with van der Waals surface area (Å²) in [5.41, 5.74) is 1.15. The van der Waals surface area contributed by atoms with E-state index in [1.54, 1.807) is 12.1 Å². The summed E-state index contributed by atoms with van der Waals surface area (Å²) < 4.78 is 35.9. The SMILES string of the molecule is CCC(C)c1ccc(S(=O)(=O)OCCCCO[Si](CC)(CC)CC)cc1. The minimum absolute atomic E-state index is 0.206. The predicted octanol–water partition coefficient (Wildman–Crippen LogP) is 5.71. The zero-order valence-electron chi connectivity index (χ0n) is 17.1. The molecule has 0 radical (unpaired) electrons. The van der Waals surface area contributed by atoms with E-state index in [1.165, 1.54) is 0 Å². The number of benzene rings is 1. The highest BCUT2D eigenvalue weighted by Gasteiger charge is 2.28. The average molecular weight is 401 g/mol. The van der Waals surface area contributed by atoms with Gasteiger partial charge in [0.15, 0.2) is 8.32 Å².